The van der Waals surface area contributed by atoms with Crippen LogP contribution >= 0.6 is 0 Å². The number of amides is 1. The van der Waals surface area contributed by atoms with Crippen LogP contribution in [0, 0.1) is 6.92 Å². The topological polar surface area (TPSA) is 52.2 Å². The second-order valence-electron chi connectivity index (χ2n) is 7.81. The van der Waals surface area contributed by atoms with E-state index in [9.17, 15) is 4.79 Å². The third kappa shape index (κ3) is 3.54. The minimum Gasteiger partial charge on any atom is -0.368 e. The Bertz CT molecular complexity index is 1250. The van der Waals surface area contributed by atoms with Gasteiger partial charge in [-0.15, -0.1) is 0 Å². The summed E-state index contributed by atoms with van der Waals surface area (Å²) in [4.78, 5) is 24.8. The summed E-state index contributed by atoms with van der Waals surface area (Å²) in [7, 11) is 0. The number of aromatic amines is 1. The second-order valence-corrected chi connectivity index (χ2v) is 7.81. The molecule has 1 fully saturated rings. The van der Waals surface area contributed by atoms with E-state index in [1.165, 1.54) is 16.6 Å². The lowest BCUT2D eigenvalue weighted by molar-refractivity contribution is -0.126. The second kappa shape index (κ2) is 7.67. The average molecular weight is 396 g/mol. The molecule has 0 radical (unpaired) electrons. The van der Waals surface area contributed by atoms with E-state index in [1.54, 1.807) is 6.08 Å². The molecule has 1 amide bonds. The maximum atomic E-state index is 12.7. The maximum Gasteiger partial charge on any atom is 0.246 e. The lowest BCUT2D eigenvalue weighted by Crippen LogP contribution is -2.48. The van der Waals surface area contributed by atoms with E-state index >= 15 is 0 Å². The van der Waals surface area contributed by atoms with E-state index in [-0.39, 0.29) is 5.91 Å². The van der Waals surface area contributed by atoms with Crippen molar-refractivity contribution < 1.29 is 4.79 Å². The molecule has 5 nitrogen and oxygen atoms in total. The number of anilines is 1. The van der Waals surface area contributed by atoms with E-state index in [1.807, 2.05) is 35.4 Å². The molecular weight excluding hydrogens is 372 g/mol. The summed E-state index contributed by atoms with van der Waals surface area (Å²) in [6.45, 7) is 5.26. The molecule has 0 spiro atoms. The molecule has 5 rings (SSSR count). The number of piperazine rings is 1. The van der Waals surface area contributed by atoms with Gasteiger partial charge in [0.2, 0.25) is 5.91 Å². The van der Waals surface area contributed by atoms with Gasteiger partial charge in [0.25, 0.3) is 0 Å². The van der Waals surface area contributed by atoms with Gasteiger partial charge in [-0.1, -0.05) is 30.3 Å². The summed E-state index contributed by atoms with van der Waals surface area (Å²) >= 11 is 0. The number of hydrogen-bond donors (Lipinski definition) is 1. The molecule has 1 aliphatic heterocycles. The number of carbonyl (C=O) groups is 1. The van der Waals surface area contributed by atoms with E-state index < -0.39 is 0 Å². The molecule has 0 atom stereocenters. The number of para-hydroxylation sites is 1. The molecule has 2 aromatic heterocycles. The number of hydrogen-bond acceptors (Lipinski definition) is 3. The average Bonchev–Trinajstić information content (AvgIpc) is 3.15. The molecule has 4 aromatic rings. The Kier molecular flexibility index (Phi) is 4.71. The molecule has 1 saturated heterocycles. The number of aryl methyl sites for hydroxylation is 1. The van der Waals surface area contributed by atoms with Crippen molar-refractivity contribution in [3.63, 3.8) is 0 Å². The standard InChI is InChI=1S/C25H24N4O/c1-18-5-4-6-20(15-18)28-11-13-29(14-12-28)25(30)10-9-19-16-22-21-7-2-3-8-23(21)27-24(22)17-26-19/h2-10,15-17,27H,11-14H2,1H3/b10-9+. The van der Waals surface area contributed by atoms with E-state index in [4.69, 9.17) is 0 Å². The van der Waals surface area contributed by atoms with Crippen LogP contribution in [0.25, 0.3) is 27.9 Å². The third-order valence-electron chi connectivity index (χ3n) is 5.77. The predicted molar refractivity (Wildman–Crippen MR) is 123 cm³/mol. The van der Waals surface area contributed by atoms with Gasteiger partial charge in [0.05, 0.1) is 17.4 Å². The first-order valence-corrected chi connectivity index (χ1v) is 10.3. The number of carbonyl (C=O) groups excluding carboxylic acids is 1. The van der Waals surface area contributed by atoms with Crippen molar-refractivity contribution in [3.8, 4) is 0 Å². The van der Waals surface area contributed by atoms with Gasteiger partial charge >= 0.3 is 0 Å². The van der Waals surface area contributed by atoms with Gasteiger partial charge in [0.15, 0.2) is 0 Å². The maximum absolute atomic E-state index is 12.7. The molecule has 0 aliphatic carbocycles. The molecule has 0 bridgehead atoms. The number of pyridine rings is 1. The summed E-state index contributed by atoms with van der Waals surface area (Å²) in [6, 6.07) is 18.8. The highest BCUT2D eigenvalue weighted by atomic mass is 16.2. The highest BCUT2D eigenvalue weighted by Gasteiger charge is 2.19. The molecule has 0 unspecified atom stereocenters. The molecule has 5 heteroatoms. The summed E-state index contributed by atoms with van der Waals surface area (Å²) in [5.41, 5.74) is 5.38. The van der Waals surface area contributed by atoms with E-state index in [0.29, 0.717) is 0 Å². The van der Waals surface area contributed by atoms with Crippen molar-refractivity contribution in [1.82, 2.24) is 14.9 Å². The first-order chi connectivity index (χ1) is 14.7. The summed E-state index contributed by atoms with van der Waals surface area (Å²) in [6.07, 6.45) is 5.29. The van der Waals surface area contributed by atoms with Crippen LogP contribution in [0.15, 0.2) is 66.9 Å². The van der Waals surface area contributed by atoms with Gasteiger partial charge in [-0.2, -0.15) is 0 Å². The normalized spacial score (nSPS) is 14.8. The first kappa shape index (κ1) is 18.4. The van der Waals surface area contributed by atoms with Gasteiger partial charge in [0.1, 0.15) is 0 Å². The SMILES string of the molecule is Cc1cccc(N2CCN(C(=O)/C=C/c3cc4c(cn3)[nH]c3ccccc34)CC2)c1. The lowest BCUT2D eigenvalue weighted by Gasteiger charge is -2.35. The predicted octanol–water partition coefficient (Wildman–Crippen LogP) is 4.39. The Hall–Kier alpha value is -3.60. The Labute approximate surface area is 175 Å². The van der Waals surface area contributed by atoms with Crippen molar-refractivity contribution >= 4 is 39.5 Å². The minimum atomic E-state index is 0.0414. The van der Waals surface area contributed by atoms with Crippen LogP contribution in [-0.4, -0.2) is 47.0 Å². The largest absolute Gasteiger partial charge is 0.368 e. The summed E-state index contributed by atoms with van der Waals surface area (Å²) in [5, 5.41) is 2.29. The molecule has 150 valence electrons. The Morgan fingerprint density at radius 2 is 1.80 bits per heavy atom. The number of fused-ring (bicyclic) bond motifs is 3. The zero-order valence-corrected chi connectivity index (χ0v) is 17.0. The number of benzene rings is 2. The van der Waals surface area contributed by atoms with Crippen LogP contribution < -0.4 is 4.90 Å². The molecule has 30 heavy (non-hydrogen) atoms. The van der Waals surface area contributed by atoms with Gasteiger partial charge in [-0.3, -0.25) is 9.78 Å². The van der Waals surface area contributed by atoms with Gasteiger partial charge in [-0.05, 0) is 42.8 Å². The smallest absolute Gasteiger partial charge is 0.246 e. The van der Waals surface area contributed by atoms with Crippen molar-refractivity contribution in [2.24, 2.45) is 0 Å². The molecule has 2 aromatic carbocycles. The highest BCUT2D eigenvalue weighted by Crippen LogP contribution is 2.25. The zero-order chi connectivity index (χ0) is 20.5. The van der Waals surface area contributed by atoms with Gasteiger partial charge < -0.3 is 14.8 Å². The number of nitrogens with zero attached hydrogens (tertiary/aromatic N) is 3. The summed E-state index contributed by atoms with van der Waals surface area (Å²) < 4.78 is 0. The van der Waals surface area contributed by atoms with Crippen molar-refractivity contribution in [1.29, 1.82) is 0 Å². The van der Waals surface area contributed by atoms with E-state index in [0.717, 1.165) is 48.3 Å². The number of H-pyrrole nitrogens is 1. The number of rotatable bonds is 3. The minimum absolute atomic E-state index is 0.0414. The van der Waals surface area contributed by atoms with Gasteiger partial charge in [-0.25, -0.2) is 0 Å². The zero-order valence-electron chi connectivity index (χ0n) is 17.0. The number of aromatic nitrogens is 2. The fraction of sp³-hybridized carbons (Fsp3) is 0.200. The fourth-order valence-corrected chi connectivity index (χ4v) is 4.13. The highest BCUT2D eigenvalue weighted by molar-refractivity contribution is 6.07. The van der Waals surface area contributed by atoms with Crippen molar-refractivity contribution in [3.05, 3.63) is 78.1 Å². The lowest BCUT2D eigenvalue weighted by atomic mass is 10.1. The molecular formula is C25H24N4O. The molecule has 0 saturated carbocycles. The van der Waals surface area contributed by atoms with Crippen LogP contribution in [0.3, 0.4) is 0 Å². The van der Waals surface area contributed by atoms with Crippen molar-refractivity contribution in [2.45, 2.75) is 6.92 Å². The Balaban J connectivity index is 1.27. The molecule has 1 aliphatic rings. The van der Waals surface area contributed by atoms with E-state index in [2.05, 4.69) is 58.2 Å². The van der Waals surface area contributed by atoms with Crippen LogP contribution in [0.5, 0.6) is 0 Å². The Morgan fingerprint density at radius 1 is 0.967 bits per heavy atom. The number of nitrogens with one attached hydrogen (secondary N) is 1. The quantitative estimate of drug-likeness (QED) is 0.523. The van der Waals surface area contributed by atoms with Crippen LogP contribution in [0.2, 0.25) is 0 Å². The van der Waals surface area contributed by atoms with Crippen LogP contribution in [-0.2, 0) is 4.79 Å². The van der Waals surface area contributed by atoms with Gasteiger partial charge in [0, 0.05) is 54.2 Å². The monoisotopic (exact) mass is 396 g/mol. The molecule has 1 N–H and O–H groups in total. The first-order valence-electron chi connectivity index (χ1n) is 10.3. The van der Waals surface area contributed by atoms with Crippen LogP contribution in [0.1, 0.15) is 11.3 Å². The fourth-order valence-electron chi connectivity index (χ4n) is 4.13. The third-order valence-corrected chi connectivity index (χ3v) is 5.77. The van der Waals surface area contributed by atoms with Crippen molar-refractivity contribution in [2.75, 3.05) is 31.1 Å². The van der Waals surface area contributed by atoms with Crippen LogP contribution in [0.4, 0.5) is 5.69 Å². The summed E-state index contributed by atoms with van der Waals surface area (Å²) in [5.74, 6) is 0.0414. The Morgan fingerprint density at radius 3 is 2.63 bits per heavy atom. The molecule has 3 heterocycles.